The van der Waals surface area contributed by atoms with Crippen LogP contribution in [0.2, 0.25) is 0 Å². The molecule has 0 fully saturated rings. The van der Waals surface area contributed by atoms with Gasteiger partial charge >= 0.3 is 0 Å². The highest BCUT2D eigenvalue weighted by Gasteiger charge is 2.24. The van der Waals surface area contributed by atoms with Crippen LogP contribution >= 0.6 is 11.3 Å². The van der Waals surface area contributed by atoms with Gasteiger partial charge in [0.15, 0.2) is 17.5 Å². The van der Waals surface area contributed by atoms with Crippen molar-refractivity contribution in [1.29, 1.82) is 0 Å². The van der Waals surface area contributed by atoms with E-state index in [1.54, 1.807) is 11.3 Å². The molecule has 5 heteroatoms. The molecule has 0 N–H and O–H groups in total. The number of rotatable bonds is 7. The van der Waals surface area contributed by atoms with Crippen molar-refractivity contribution in [1.82, 2.24) is 19.5 Å². The molecule has 0 spiro atoms. The number of aromatic nitrogens is 4. The Morgan fingerprint density at radius 3 is 1.46 bits per heavy atom. The fourth-order valence-corrected chi connectivity index (χ4v) is 11.7. The maximum Gasteiger partial charge on any atom is 0.165 e. The van der Waals surface area contributed by atoms with Crippen LogP contribution in [-0.4, -0.2) is 19.5 Å². The third-order valence-corrected chi connectivity index (χ3v) is 14.8. The van der Waals surface area contributed by atoms with Gasteiger partial charge in [0.25, 0.3) is 0 Å². The van der Waals surface area contributed by atoms with Crippen molar-refractivity contribution in [2.24, 2.45) is 0 Å². The normalized spacial score (nSPS) is 11.8. The summed E-state index contributed by atoms with van der Waals surface area (Å²) in [6, 6.07) is 82.7. The molecule has 3 aromatic heterocycles. The van der Waals surface area contributed by atoms with Gasteiger partial charge in [0.2, 0.25) is 0 Å². The number of para-hydroxylation sites is 1. The van der Waals surface area contributed by atoms with E-state index >= 15 is 0 Å². The summed E-state index contributed by atoms with van der Waals surface area (Å²) in [4.78, 5) is 16.1. The first-order valence-corrected chi connectivity index (χ1v) is 23.8. The number of hydrogen-bond donors (Lipinski definition) is 0. The summed E-state index contributed by atoms with van der Waals surface area (Å²) in [5.41, 5.74) is 13.3. The predicted molar refractivity (Wildman–Crippen MR) is 286 cm³/mol. The molecule has 4 nitrogen and oxygen atoms in total. The molecule has 68 heavy (non-hydrogen) atoms. The van der Waals surface area contributed by atoms with Crippen molar-refractivity contribution in [3.8, 4) is 73.2 Å². The zero-order valence-corrected chi connectivity index (χ0v) is 37.5. The highest BCUT2D eigenvalue weighted by atomic mass is 32.1. The van der Waals surface area contributed by atoms with Crippen molar-refractivity contribution in [2.45, 2.75) is 0 Å². The van der Waals surface area contributed by atoms with Gasteiger partial charge in [-0.05, 0) is 92.0 Å². The highest BCUT2D eigenvalue weighted by Crippen LogP contribution is 2.49. The minimum absolute atomic E-state index is 0.628. The van der Waals surface area contributed by atoms with Gasteiger partial charge in [0.1, 0.15) is 0 Å². The molecule has 0 aliphatic rings. The van der Waals surface area contributed by atoms with Crippen molar-refractivity contribution in [3.05, 3.63) is 231 Å². The molecule has 0 aliphatic carbocycles. The van der Waals surface area contributed by atoms with Crippen LogP contribution in [0.5, 0.6) is 0 Å². The summed E-state index contributed by atoms with van der Waals surface area (Å²) in [7, 11) is 0. The first-order chi connectivity index (χ1) is 33.7. The zero-order valence-electron chi connectivity index (χ0n) is 36.6. The predicted octanol–water partition coefficient (Wildman–Crippen LogP) is 17.1. The number of benzene rings is 11. The molecule has 0 aliphatic heterocycles. The second-order valence-corrected chi connectivity index (χ2v) is 18.5. The summed E-state index contributed by atoms with van der Waals surface area (Å²) >= 11 is 1.80. The summed E-state index contributed by atoms with van der Waals surface area (Å²) in [5.74, 6) is 1.90. The average molecular weight is 883 g/mol. The van der Waals surface area contributed by atoms with Gasteiger partial charge in [0, 0.05) is 58.7 Å². The summed E-state index contributed by atoms with van der Waals surface area (Å²) in [6.07, 6.45) is 0. The van der Waals surface area contributed by atoms with Gasteiger partial charge in [0.05, 0.1) is 11.0 Å². The monoisotopic (exact) mass is 882 g/mol. The molecule has 11 aromatic carbocycles. The van der Waals surface area contributed by atoms with Crippen LogP contribution in [-0.2, 0) is 0 Å². The second kappa shape index (κ2) is 15.4. The van der Waals surface area contributed by atoms with E-state index in [1.807, 2.05) is 12.1 Å². The SMILES string of the molecule is c1ccc(-c2ccc(-c3nc(-c4ccc(-c5ccccc5)cc4)nc(-c4cc(-c5ccc6c7c5c5ccccc5c5cccc(c57)n6-c5ccccc5)cc5c4sc4ccccc45)n3)cc2)cc1. The molecule has 0 atom stereocenters. The van der Waals surface area contributed by atoms with E-state index < -0.39 is 0 Å². The van der Waals surface area contributed by atoms with Crippen molar-refractivity contribution in [2.75, 3.05) is 0 Å². The lowest BCUT2D eigenvalue weighted by molar-refractivity contribution is 1.08. The van der Waals surface area contributed by atoms with E-state index in [0.29, 0.717) is 17.5 Å². The molecule has 0 bridgehead atoms. The summed E-state index contributed by atoms with van der Waals surface area (Å²) in [6.45, 7) is 0. The van der Waals surface area contributed by atoms with Crippen molar-refractivity contribution < 1.29 is 0 Å². The second-order valence-electron chi connectivity index (χ2n) is 17.5. The van der Waals surface area contributed by atoms with E-state index in [0.717, 1.165) is 43.8 Å². The van der Waals surface area contributed by atoms with Crippen LogP contribution in [0, 0.1) is 0 Å². The lowest BCUT2D eigenvalue weighted by atomic mass is 9.88. The van der Waals surface area contributed by atoms with Gasteiger partial charge in [-0.2, -0.15) is 0 Å². The van der Waals surface area contributed by atoms with Gasteiger partial charge < -0.3 is 4.57 Å². The van der Waals surface area contributed by atoms with E-state index in [2.05, 4.69) is 223 Å². The van der Waals surface area contributed by atoms with Gasteiger partial charge in [-0.1, -0.05) is 188 Å². The minimum atomic E-state index is 0.628. The van der Waals surface area contributed by atoms with Gasteiger partial charge in [-0.3, -0.25) is 0 Å². The smallest absolute Gasteiger partial charge is 0.165 e. The Hall–Kier alpha value is -8.77. The molecule has 0 saturated carbocycles. The van der Waals surface area contributed by atoms with Crippen LogP contribution in [0.4, 0.5) is 0 Å². The van der Waals surface area contributed by atoms with Gasteiger partial charge in [-0.15, -0.1) is 11.3 Å². The fourth-order valence-electron chi connectivity index (χ4n) is 10.5. The lowest BCUT2D eigenvalue weighted by Crippen LogP contribution is -2.00. The molecule has 0 saturated heterocycles. The summed E-state index contributed by atoms with van der Waals surface area (Å²) in [5, 5.41) is 9.95. The first-order valence-electron chi connectivity index (χ1n) is 23.0. The van der Waals surface area contributed by atoms with Crippen LogP contribution < -0.4 is 0 Å². The topological polar surface area (TPSA) is 43.6 Å². The van der Waals surface area contributed by atoms with E-state index in [-0.39, 0.29) is 0 Å². The standard InChI is InChI=1S/C63H38N4S/c1-4-15-39(16-5-1)41-27-31-43(32-28-41)61-64-62(44-33-29-42(30-34-44)40-17-6-2-7-18-40)66-63(65-61)53-38-45(37-52-49-22-12-13-26-56(49)68-60(52)53)47-35-36-55-59-57(47)50-23-11-10-21-48(50)51-24-14-25-54(58(51)59)67(55)46-19-8-3-9-20-46/h1-38H. The van der Waals surface area contributed by atoms with Crippen molar-refractivity contribution in [3.63, 3.8) is 0 Å². The van der Waals surface area contributed by atoms with Gasteiger partial charge in [-0.25, -0.2) is 15.0 Å². The van der Waals surface area contributed by atoms with Crippen molar-refractivity contribution >= 4 is 74.9 Å². The van der Waals surface area contributed by atoms with E-state index in [4.69, 9.17) is 15.0 Å². The lowest BCUT2D eigenvalue weighted by Gasteiger charge is -2.15. The molecule has 0 amide bonds. The number of nitrogens with zero attached hydrogens (tertiary/aromatic N) is 4. The fraction of sp³-hybridized carbons (Fsp3) is 0. The molecular formula is C63H38N4S. The number of fused-ring (bicyclic) bond motifs is 6. The quantitative estimate of drug-likeness (QED) is 0.150. The Kier molecular flexibility index (Phi) is 8.73. The molecule has 316 valence electrons. The van der Waals surface area contributed by atoms with E-state index in [1.165, 1.54) is 75.5 Å². The molecule has 14 rings (SSSR count). The Balaban J connectivity index is 1.03. The Bertz CT molecular complexity index is 4110. The number of thiophene rings is 1. The molecular weight excluding hydrogens is 845 g/mol. The molecule has 0 radical (unpaired) electrons. The Morgan fingerprint density at radius 1 is 0.294 bits per heavy atom. The number of hydrogen-bond acceptors (Lipinski definition) is 4. The molecule has 3 heterocycles. The maximum absolute atomic E-state index is 5.42. The third-order valence-electron chi connectivity index (χ3n) is 13.6. The summed E-state index contributed by atoms with van der Waals surface area (Å²) < 4.78 is 4.80. The molecule has 14 aromatic rings. The highest BCUT2D eigenvalue weighted by molar-refractivity contribution is 7.26. The van der Waals surface area contributed by atoms with Crippen LogP contribution in [0.25, 0.3) is 137 Å². The third kappa shape index (κ3) is 6.10. The van der Waals surface area contributed by atoms with E-state index in [9.17, 15) is 0 Å². The average Bonchev–Trinajstić information content (AvgIpc) is 3.97. The Labute approximate surface area is 396 Å². The van der Waals surface area contributed by atoms with Crippen LogP contribution in [0.1, 0.15) is 0 Å². The van der Waals surface area contributed by atoms with Crippen LogP contribution in [0.15, 0.2) is 231 Å². The van der Waals surface area contributed by atoms with Crippen LogP contribution in [0.3, 0.4) is 0 Å². The minimum Gasteiger partial charge on any atom is -0.309 e. The Morgan fingerprint density at radius 2 is 0.794 bits per heavy atom. The zero-order chi connectivity index (χ0) is 44.7. The largest absolute Gasteiger partial charge is 0.309 e. The molecule has 0 unspecified atom stereocenters. The maximum atomic E-state index is 5.42. The first kappa shape index (κ1) is 38.5.